The minimum absolute atomic E-state index is 0.257. The molecule has 24 heavy (non-hydrogen) atoms. The largest absolute Gasteiger partial charge is 0.482 e. The molecule has 1 amide bonds. The zero-order valence-electron chi connectivity index (χ0n) is 13.3. The first-order valence-electron chi connectivity index (χ1n) is 7.70. The Morgan fingerprint density at radius 3 is 2.71 bits per heavy atom. The molecule has 1 N–H and O–H groups in total. The van der Waals surface area contributed by atoms with Crippen molar-refractivity contribution in [3.63, 3.8) is 0 Å². The van der Waals surface area contributed by atoms with Crippen molar-refractivity contribution in [2.45, 2.75) is 26.1 Å². The number of nitrogens with zero attached hydrogens (tertiary/aromatic N) is 1. The number of nitrogens with one attached hydrogen (secondary N) is 1. The summed E-state index contributed by atoms with van der Waals surface area (Å²) in [5.74, 6) is 0.980. The van der Waals surface area contributed by atoms with Crippen molar-refractivity contribution >= 4 is 32.6 Å². The highest BCUT2D eigenvalue weighted by Crippen LogP contribution is 2.34. The van der Waals surface area contributed by atoms with E-state index in [0.717, 1.165) is 10.2 Å². The molecule has 2 atom stereocenters. The Morgan fingerprint density at radius 1 is 1.17 bits per heavy atom. The SMILES string of the molecule is Cc1ccc2nc(NC(=O)C3Oc4ccccc4OC3C)sc2c1. The molecule has 0 bridgehead atoms. The van der Waals surface area contributed by atoms with Gasteiger partial charge in [0.1, 0.15) is 6.10 Å². The van der Waals surface area contributed by atoms with E-state index in [9.17, 15) is 4.79 Å². The number of ether oxygens (including phenoxy) is 2. The third kappa shape index (κ3) is 2.69. The predicted molar refractivity (Wildman–Crippen MR) is 93.9 cm³/mol. The Morgan fingerprint density at radius 2 is 1.92 bits per heavy atom. The molecule has 0 aliphatic carbocycles. The minimum Gasteiger partial charge on any atom is -0.482 e. The van der Waals surface area contributed by atoms with Crippen molar-refractivity contribution in [1.82, 2.24) is 4.98 Å². The molecule has 3 aromatic rings. The van der Waals surface area contributed by atoms with E-state index in [0.29, 0.717) is 16.6 Å². The lowest BCUT2D eigenvalue weighted by Crippen LogP contribution is -2.46. The van der Waals surface area contributed by atoms with Crippen LogP contribution in [0.1, 0.15) is 12.5 Å². The molecule has 0 saturated heterocycles. The molecular weight excluding hydrogens is 324 g/mol. The maximum Gasteiger partial charge on any atom is 0.271 e. The lowest BCUT2D eigenvalue weighted by Gasteiger charge is -2.30. The molecule has 0 saturated carbocycles. The number of fused-ring (bicyclic) bond motifs is 2. The van der Waals surface area contributed by atoms with Gasteiger partial charge in [0.05, 0.1) is 10.2 Å². The van der Waals surface area contributed by atoms with Gasteiger partial charge < -0.3 is 9.47 Å². The number of aryl methyl sites for hydroxylation is 1. The lowest BCUT2D eigenvalue weighted by molar-refractivity contribution is -0.128. The second kappa shape index (κ2) is 5.79. The van der Waals surface area contributed by atoms with Crippen LogP contribution in [-0.4, -0.2) is 23.1 Å². The predicted octanol–water partition coefficient (Wildman–Crippen LogP) is 3.77. The molecule has 1 aromatic heterocycles. The summed E-state index contributed by atoms with van der Waals surface area (Å²) >= 11 is 1.45. The van der Waals surface area contributed by atoms with Crippen LogP contribution in [0, 0.1) is 6.92 Å². The average molecular weight is 340 g/mol. The fourth-order valence-corrected chi connectivity index (χ4v) is 3.64. The second-order valence-electron chi connectivity index (χ2n) is 5.79. The van der Waals surface area contributed by atoms with Crippen LogP contribution >= 0.6 is 11.3 Å². The number of anilines is 1. The summed E-state index contributed by atoms with van der Waals surface area (Å²) in [6.07, 6.45) is -1.09. The number of benzene rings is 2. The van der Waals surface area contributed by atoms with Gasteiger partial charge in [-0.3, -0.25) is 10.1 Å². The van der Waals surface area contributed by atoms with Gasteiger partial charge in [-0.15, -0.1) is 0 Å². The van der Waals surface area contributed by atoms with E-state index in [1.54, 1.807) is 6.07 Å². The van der Waals surface area contributed by atoms with E-state index in [1.165, 1.54) is 16.9 Å². The molecule has 0 spiro atoms. The van der Waals surface area contributed by atoms with Crippen LogP contribution in [0.4, 0.5) is 5.13 Å². The van der Waals surface area contributed by atoms with Gasteiger partial charge in [0, 0.05) is 0 Å². The number of rotatable bonds is 2. The number of aromatic nitrogens is 1. The fraction of sp³-hybridized carbons (Fsp3) is 0.222. The summed E-state index contributed by atoms with van der Waals surface area (Å²) < 4.78 is 12.6. The first kappa shape index (κ1) is 15.0. The summed E-state index contributed by atoms with van der Waals surface area (Å²) in [5.41, 5.74) is 2.04. The maximum atomic E-state index is 12.6. The standard InChI is InChI=1S/C18H16N2O3S/c1-10-7-8-12-15(9-10)24-18(19-12)20-17(21)16-11(2)22-13-5-3-4-6-14(13)23-16/h3-9,11,16H,1-2H3,(H,19,20,21). The molecular formula is C18H16N2O3S. The lowest BCUT2D eigenvalue weighted by atomic mass is 10.1. The Bertz CT molecular complexity index is 922. The third-order valence-electron chi connectivity index (χ3n) is 3.87. The van der Waals surface area contributed by atoms with Crippen molar-refractivity contribution in [3.05, 3.63) is 48.0 Å². The van der Waals surface area contributed by atoms with Crippen molar-refractivity contribution in [3.8, 4) is 11.5 Å². The Labute approximate surface area is 143 Å². The third-order valence-corrected chi connectivity index (χ3v) is 4.81. The number of carbonyl (C=O) groups excluding carboxylic acids is 1. The van der Waals surface area contributed by atoms with Crippen molar-refractivity contribution < 1.29 is 14.3 Å². The Kier molecular flexibility index (Phi) is 3.61. The molecule has 6 heteroatoms. The highest BCUT2D eigenvalue weighted by atomic mass is 32.1. The molecule has 122 valence electrons. The van der Waals surface area contributed by atoms with Gasteiger partial charge in [-0.25, -0.2) is 4.98 Å². The molecule has 0 radical (unpaired) electrons. The molecule has 1 aliphatic rings. The molecule has 2 aromatic carbocycles. The van der Waals surface area contributed by atoms with Crippen molar-refractivity contribution in [1.29, 1.82) is 0 Å². The highest BCUT2D eigenvalue weighted by Gasteiger charge is 2.34. The summed E-state index contributed by atoms with van der Waals surface area (Å²) in [7, 11) is 0. The van der Waals surface area contributed by atoms with Gasteiger partial charge in [0.15, 0.2) is 16.6 Å². The van der Waals surface area contributed by atoms with Gasteiger partial charge in [-0.2, -0.15) is 0 Å². The van der Waals surface area contributed by atoms with E-state index in [-0.39, 0.29) is 12.0 Å². The number of hydrogen-bond donors (Lipinski definition) is 1. The molecule has 5 nitrogen and oxygen atoms in total. The first-order valence-corrected chi connectivity index (χ1v) is 8.52. The summed E-state index contributed by atoms with van der Waals surface area (Å²) in [6.45, 7) is 3.85. The van der Waals surface area contributed by atoms with Gasteiger partial charge in [0.25, 0.3) is 5.91 Å². The Hall–Kier alpha value is -2.60. The summed E-state index contributed by atoms with van der Waals surface area (Å²) in [4.78, 5) is 17.0. The van der Waals surface area contributed by atoms with Crippen LogP contribution in [-0.2, 0) is 4.79 Å². The van der Waals surface area contributed by atoms with Gasteiger partial charge in [-0.05, 0) is 43.7 Å². The zero-order chi connectivity index (χ0) is 16.7. The smallest absolute Gasteiger partial charge is 0.271 e. The average Bonchev–Trinajstić information content (AvgIpc) is 2.95. The fourth-order valence-electron chi connectivity index (χ4n) is 2.67. The number of hydrogen-bond acceptors (Lipinski definition) is 5. The summed E-state index contributed by atoms with van der Waals surface area (Å²) in [6, 6.07) is 13.4. The van der Waals surface area contributed by atoms with Gasteiger partial charge in [-0.1, -0.05) is 29.5 Å². The van der Waals surface area contributed by atoms with Crippen molar-refractivity contribution in [2.75, 3.05) is 5.32 Å². The van der Waals surface area contributed by atoms with Crippen LogP contribution in [0.5, 0.6) is 11.5 Å². The summed E-state index contributed by atoms with van der Waals surface area (Å²) in [5, 5.41) is 3.41. The van der Waals surface area contributed by atoms with Crippen LogP contribution in [0.3, 0.4) is 0 Å². The quantitative estimate of drug-likeness (QED) is 0.771. The molecule has 4 rings (SSSR count). The maximum absolute atomic E-state index is 12.6. The topological polar surface area (TPSA) is 60.5 Å². The number of para-hydroxylation sites is 2. The van der Waals surface area contributed by atoms with Gasteiger partial charge >= 0.3 is 0 Å². The Balaban J connectivity index is 1.55. The minimum atomic E-state index is -0.714. The number of amides is 1. The molecule has 2 heterocycles. The monoisotopic (exact) mass is 340 g/mol. The van der Waals surface area contributed by atoms with Crippen LogP contribution in [0.2, 0.25) is 0 Å². The normalized spacial score (nSPS) is 19.2. The van der Waals surface area contributed by atoms with E-state index in [1.807, 2.05) is 44.2 Å². The van der Waals surface area contributed by atoms with E-state index >= 15 is 0 Å². The van der Waals surface area contributed by atoms with Crippen LogP contribution in [0.25, 0.3) is 10.2 Å². The second-order valence-corrected chi connectivity index (χ2v) is 6.82. The van der Waals surface area contributed by atoms with Gasteiger partial charge in [0.2, 0.25) is 6.10 Å². The molecule has 0 fully saturated rings. The zero-order valence-corrected chi connectivity index (χ0v) is 14.1. The van der Waals surface area contributed by atoms with E-state index in [4.69, 9.17) is 9.47 Å². The van der Waals surface area contributed by atoms with Crippen molar-refractivity contribution in [2.24, 2.45) is 0 Å². The van der Waals surface area contributed by atoms with E-state index in [2.05, 4.69) is 16.4 Å². The van der Waals surface area contributed by atoms with Crippen LogP contribution < -0.4 is 14.8 Å². The van der Waals surface area contributed by atoms with Crippen LogP contribution in [0.15, 0.2) is 42.5 Å². The first-order chi connectivity index (χ1) is 11.6. The van der Waals surface area contributed by atoms with E-state index < -0.39 is 6.10 Å². The molecule has 2 unspecified atom stereocenters. The number of carbonyl (C=O) groups is 1. The number of thiazole rings is 1. The highest BCUT2D eigenvalue weighted by molar-refractivity contribution is 7.22. The molecule has 1 aliphatic heterocycles.